The average Bonchev–Trinajstić information content (AvgIpc) is 2.96. The summed E-state index contributed by atoms with van der Waals surface area (Å²) in [4.78, 5) is 12.9. The lowest BCUT2D eigenvalue weighted by atomic mass is 9.93. The van der Waals surface area contributed by atoms with Crippen LogP contribution in [0.25, 0.3) is 21.8 Å². The van der Waals surface area contributed by atoms with Crippen molar-refractivity contribution in [3.63, 3.8) is 0 Å². The highest BCUT2D eigenvalue weighted by atomic mass is 16.5. The van der Waals surface area contributed by atoms with Crippen LogP contribution in [0.5, 0.6) is 0 Å². The zero-order valence-corrected chi connectivity index (χ0v) is 16.0. The third kappa shape index (κ3) is 2.89. The molecular weight excluding hydrogens is 334 g/mol. The number of esters is 1. The van der Waals surface area contributed by atoms with Crippen LogP contribution in [0, 0.1) is 6.92 Å². The minimum absolute atomic E-state index is 0.244. The van der Waals surface area contributed by atoms with Gasteiger partial charge in [-0.25, -0.2) is 4.79 Å². The summed E-state index contributed by atoms with van der Waals surface area (Å²) in [6.45, 7) is 4.25. The molecule has 0 atom stereocenters. The fourth-order valence-corrected chi connectivity index (χ4v) is 3.92. The van der Waals surface area contributed by atoms with E-state index in [0.29, 0.717) is 12.2 Å². The maximum absolute atomic E-state index is 12.9. The van der Waals surface area contributed by atoms with Crippen LogP contribution in [0.15, 0.2) is 60.7 Å². The average molecular weight is 357 g/mol. The largest absolute Gasteiger partial charge is 0.462 e. The molecule has 0 N–H and O–H groups in total. The van der Waals surface area contributed by atoms with Crippen LogP contribution in [0.3, 0.4) is 0 Å². The van der Waals surface area contributed by atoms with E-state index >= 15 is 0 Å². The molecule has 136 valence electrons. The molecule has 3 aromatic carbocycles. The molecule has 0 bridgehead atoms. The number of carbonyl (C=O) groups excluding carboxylic acids is 1. The second kappa shape index (κ2) is 6.92. The van der Waals surface area contributed by atoms with Crippen molar-refractivity contribution in [1.82, 2.24) is 4.57 Å². The van der Waals surface area contributed by atoms with Crippen molar-refractivity contribution in [1.29, 1.82) is 0 Å². The zero-order chi connectivity index (χ0) is 19.0. The molecule has 0 unspecified atom stereocenters. The molecule has 27 heavy (non-hydrogen) atoms. The van der Waals surface area contributed by atoms with Crippen molar-refractivity contribution in [2.75, 3.05) is 6.61 Å². The predicted molar refractivity (Wildman–Crippen MR) is 110 cm³/mol. The first kappa shape index (κ1) is 17.3. The van der Waals surface area contributed by atoms with Crippen molar-refractivity contribution in [2.24, 2.45) is 7.05 Å². The molecule has 0 radical (unpaired) electrons. The van der Waals surface area contributed by atoms with E-state index in [1.807, 2.05) is 44.2 Å². The Bertz CT molecular complexity index is 1140. The maximum atomic E-state index is 12.9. The van der Waals surface area contributed by atoms with Gasteiger partial charge in [0.25, 0.3) is 0 Å². The molecule has 3 heteroatoms. The highest BCUT2D eigenvalue weighted by Crippen LogP contribution is 2.35. The van der Waals surface area contributed by atoms with Gasteiger partial charge in [-0.05, 0) is 49.1 Å². The minimum Gasteiger partial charge on any atom is -0.462 e. The number of fused-ring (bicyclic) bond motifs is 3. The topological polar surface area (TPSA) is 31.2 Å². The fourth-order valence-electron chi connectivity index (χ4n) is 3.92. The number of benzene rings is 3. The van der Waals surface area contributed by atoms with E-state index in [0.717, 1.165) is 39.4 Å². The molecule has 0 saturated carbocycles. The van der Waals surface area contributed by atoms with Gasteiger partial charge in [-0.3, -0.25) is 0 Å². The molecule has 0 saturated heterocycles. The van der Waals surface area contributed by atoms with Gasteiger partial charge in [0, 0.05) is 23.3 Å². The summed E-state index contributed by atoms with van der Waals surface area (Å²) in [6, 6.07) is 20.8. The third-order valence-electron chi connectivity index (χ3n) is 5.29. The second-order valence-corrected chi connectivity index (χ2v) is 6.89. The van der Waals surface area contributed by atoms with E-state index in [9.17, 15) is 4.79 Å². The van der Waals surface area contributed by atoms with Crippen molar-refractivity contribution in [2.45, 2.75) is 20.3 Å². The summed E-state index contributed by atoms with van der Waals surface area (Å²) in [5.74, 6) is -0.244. The number of aryl methyl sites for hydroxylation is 1. The Morgan fingerprint density at radius 2 is 1.70 bits per heavy atom. The van der Waals surface area contributed by atoms with Crippen LogP contribution in [-0.2, 0) is 18.2 Å². The van der Waals surface area contributed by atoms with Crippen LogP contribution < -0.4 is 0 Å². The maximum Gasteiger partial charge on any atom is 0.339 e. The molecule has 0 aliphatic rings. The van der Waals surface area contributed by atoms with Crippen molar-refractivity contribution >= 4 is 27.8 Å². The van der Waals surface area contributed by atoms with Gasteiger partial charge in [-0.15, -0.1) is 0 Å². The number of nitrogens with zero attached hydrogens (tertiary/aromatic N) is 1. The third-order valence-corrected chi connectivity index (χ3v) is 5.29. The Hall–Kier alpha value is -3.07. The smallest absolute Gasteiger partial charge is 0.339 e. The highest BCUT2D eigenvalue weighted by molar-refractivity contribution is 6.18. The fraction of sp³-hybridized carbons (Fsp3) is 0.208. The van der Waals surface area contributed by atoms with Crippen LogP contribution in [-0.4, -0.2) is 17.1 Å². The molecule has 1 heterocycles. The predicted octanol–water partition coefficient (Wildman–Crippen LogP) is 5.41. The van der Waals surface area contributed by atoms with Gasteiger partial charge < -0.3 is 9.30 Å². The zero-order valence-electron chi connectivity index (χ0n) is 16.0. The minimum atomic E-state index is -0.244. The first-order chi connectivity index (χ1) is 13.1. The van der Waals surface area contributed by atoms with Crippen molar-refractivity contribution in [3.05, 3.63) is 82.9 Å². The molecule has 0 amide bonds. The first-order valence-corrected chi connectivity index (χ1v) is 9.32. The molecule has 3 nitrogen and oxygen atoms in total. The Kier molecular flexibility index (Phi) is 4.44. The normalized spacial score (nSPS) is 11.2. The highest BCUT2D eigenvalue weighted by Gasteiger charge is 2.22. The number of para-hydroxylation sites is 1. The van der Waals surface area contributed by atoms with E-state index in [1.54, 1.807) is 0 Å². The summed E-state index contributed by atoms with van der Waals surface area (Å²) < 4.78 is 7.60. The Balaban J connectivity index is 2.03. The molecule has 0 fully saturated rings. The summed E-state index contributed by atoms with van der Waals surface area (Å²) in [5, 5.41) is 2.08. The van der Waals surface area contributed by atoms with Crippen molar-refractivity contribution < 1.29 is 9.53 Å². The van der Waals surface area contributed by atoms with Crippen molar-refractivity contribution in [3.8, 4) is 0 Å². The lowest BCUT2D eigenvalue weighted by molar-refractivity contribution is 0.0528. The van der Waals surface area contributed by atoms with E-state index < -0.39 is 0 Å². The molecule has 4 aromatic rings. The molecule has 4 rings (SSSR count). The van der Waals surface area contributed by atoms with E-state index in [-0.39, 0.29) is 5.97 Å². The van der Waals surface area contributed by atoms with Gasteiger partial charge in [-0.2, -0.15) is 0 Å². The summed E-state index contributed by atoms with van der Waals surface area (Å²) >= 11 is 0. The molecule has 0 aliphatic carbocycles. The van der Waals surface area contributed by atoms with E-state index in [1.165, 1.54) is 5.56 Å². The lowest BCUT2D eigenvalue weighted by Crippen LogP contribution is -2.10. The SMILES string of the molecule is CCOC(=O)c1c(C)c(Cc2ccccc2)cc2c1c1ccccc1n2C. The van der Waals surface area contributed by atoms with Gasteiger partial charge in [0.15, 0.2) is 0 Å². The van der Waals surface area contributed by atoms with Gasteiger partial charge in [0.05, 0.1) is 17.7 Å². The Morgan fingerprint density at radius 3 is 2.44 bits per heavy atom. The number of aromatic nitrogens is 1. The lowest BCUT2D eigenvalue weighted by Gasteiger charge is -2.14. The summed E-state index contributed by atoms with van der Waals surface area (Å²) in [7, 11) is 2.06. The van der Waals surface area contributed by atoms with E-state index in [2.05, 4.69) is 41.9 Å². The van der Waals surface area contributed by atoms with E-state index in [4.69, 9.17) is 4.74 Å². The molecular formula is C24H23NO2. The summed E-state index contributed by atoms with van der Waals surface area (Å²) in [6.07, 6.45) is 0.788. The number of ether oxygens (including phenoxy) is 1. The number of carbonyl (C=O) groups is 1. The van der Waals surface area contributed by atoms with Crippen LogP contribution in [0.4, 0.5) is 0 Å². The second-order valence-electron chi connectivity index (χ2n) is 6.89. The standard InChI is InChI=1S/C24H23NO2/c1-4-27-24(26)22-16(2)18(14-17-10-6-5-7-11-17)15-21-23(22)19-12-8-9-13-20(19)25(21)3/h5-13,15H,4,14H2,1-3H3. The van der Waals surface area contributed by atoms with Gasteiger partial charge >= 0.3 is 5.97 Å². The molecule has 0 aliphatic heterocycles. The number of rotatable bonds is 4. The van der Waals surface area contributed by atoms with Gasteiger partial charge in [0.1, 0.15) is 0 Å². The van der Waals surface area contributed by atoms with Crippen LogP contribution in [0.1, 0.15) is 34.0 Å². The van der Waals surface area contributed by atoms with Crippen LogP contribution >= 0.6 is 0 Å². The monoisotopic (exact) mass is 357 g/mol. The van der Waals surface area contributed by atoms with Gasteiger partial charge in [0.2, 0.25) is 0 Å². The number of hydrogen-bond acceptors (Lipinski definition) is 2. The molecule has 1 aromatic heterocycles. The molecule has 0 spiro atoms. The van der Waals surface area contributed by atoms with Crippen LogP contribution in [0.2, 0.25) is 0 Å². The Morgan fingerprint density at radius 1 is 1.00 bits per heavy atom. The number of hydrogen-bond donors (Lipinski definition) is 0. The summed E-state index contributed by atoms with van der Waals surface area (Å²) in [5.41, 5.74) is 6.26. The quantitative estimate of drug-likeness (QED) is 0.457. The first-order valence-electron chi connectivity index (χ1n) is 9.32. The Labute approximate surface area is 159 Å². The van der Waals surface area contributed by atoms with Gasteiger partial charge in [-0.1, -0.05) is 48.5 Å².